The molecule has 2 saturated carbocycles. The minimum absolute atomic E-state index is 0.0604. The largest absolute Gasteiger partial charge is 0.448 e. The first kappa shape index (κ1) is 11.9. The molecule has 0 saturated heterocycles. The predicted octanol–water partition coefficient (Wildman–Crippen LogP) is 3.37. The lowest BCUT2D eigenvalue weighted by Crippen LogP contribution is -2.45. The van der Waals surface area contributed by atoms with Crippen molar-refractivity contribution in [3.63, 3.8) is 0 Å². The van der Waals surface area contributed by atoms with Gasteiger partial charge in [0.2, 0.25) is 0 Å². The highest BCUT2D eigenvalue weighted by atomic mass is 35.5. The molecule has 2 aliphatic carbocycles. The summed E-state index contributed by atoms with van der Waals surface area (Å²) in [4.78, 5) is 0. The van der Waals surface area contributed by atoms with Crippen LogP contribution in [0.5, 0.6) is 11.5 Å². The van der Waals surface area contributed by atoms with Gasteiger partial charge in [0.15, 0.2) is 11.5 Å². The van der Waals surface area contributed by atoms with Crippen molar-refractivity contribution in [2.45, 2.75) is 49.7 Å². The zero-order chi connectivity index (χ0) is 13.1. The Balaban J connectivity index is 1.74. The van der Waals surface area contributed by atoms with Gasteiger partial charge in [0, 0.05) is 35.9 Å². The first-order valence-electron chi connectivity index (χ1n) is 7.09. The first-order chi connectivity index (χ1) is 9.16. The van der Waals surface area contributed by atoms with E-state index in [4.69, 9.17) is 26.8 Å². The third-order valence-corrected chi connectivity index (χ3v) is 5.33. The molecule has 2 fully saturated rings. The van der Waals surface area contributed by atoms with Crippen molar-refractivity contribution in [3.05, 3.63) is 22.7 Å². The van der Waals surface area contributed by atoms with E-state index in [0.717, 1.165) is 47.8 Å². The van der Waals surface area contributed by atoms with Crippen LogP contribution < -0.4 is 15.2 Å². The Morgan fingerprint density at radius 3 is 2.16 bits per heavy atom. The monoisotopic (exact) mass is 279 g/mol. The van der Waals surface area contributed by atoms with Gasteiger partial charge in [0.05, 0.1) is 0 Å². The summed E-state index contributed by atoms with van der Waals surface area (Å²) in [6.45, 7) is 0.650. The SMILES string of the molecule is NCC1(c2cc3c(cc2Cl)OC2(CCC2)O3)CCC1. The molecule has 1 heterocycles. The molecule has 4 rings (SSSR count). The Hall–Kier alpha value is -0.930. The van der Waals surface area contributed by atoms with Crippen molar-refractivity contribution in [3.8, 4) is 11.5 Å². The molecule has 102 valence electrons. The van der Waals surface area contributed by atoms with Crippen LogP contribution in [-0.4, -0.2) is 12.3 Å². The summed E-state index contributed by atoms with van der Waals surface area (Å²) in [5, 5.41) is 0.767. The third-order valence-electron chi connectivity index (χ3n) is 5.01. The van der Waals surface area contributed by atoms with Gasteiger partial charge in [-0.3, -0.25) is 0 Å². The van der Waals surface area contributed by atoms with E-state index in [2.05, 4.69) is 6.07 Å². The minimum Gasteiger partial charge on any atom is -0.448 e. The van der Waals surface area contributed by atoms with Gasteiger partial charge < -0.3 is 15.2 Å². The van der Waals surface area contributed by atoms with Crippen LogP contribution in [0.2, 0.25) is 5.02 Å². The normalized spacial score (nSPS) is 24.9. The van der Waals surface area contributed by atoms with Gasteiger partial charge in [-0.1, -0.05) is 18.0 Å². The highest BCUT2D eigenvalue weighted by Gasteiger charge is 2.48. The quantitative estimate of drug-likeness (QED) is 0.903. The number of benzene rings is 1. The molecule has 0 unspecified atom stereocenters. The highest BCUT2D eigenvalue weighted by Crippen LogP contribution is 2.53. The Morgan fingerprint density at radius 2 is 1.68 bits per heavy atom. The van der Waals surface area contributed by atoms with Crippen LogP contribution in [0.4, 0.5) is 0 Å². The molecule has 19 heavy (non-hydrogen) atoms. The first-order valence-corrected chi connectivity index (χ1v) is 7.46. The third kappa shape index (κ3) is 1.55. The molecule has 2 N–H and O–H groups in total. The molecule has 0 amide bonds. The molecular formula is C15H18ClNO2. The number of hydrogen-bond acceptors (Lipinski definition) is 3. The molecule has 0 radical (unpaired) electrons. The van der Waals surface area contributed by atoms with Crippen LogP contribution in [0.25, 0.3) is 0 Å². The summed E-state index contributed by atoms with van der Waals surface area (Å²) in [5.74, 6) is 1.25. The van der Waals surface area contributed by atoms with Gasteiger partial charge in [-0.05, 0) is 30.9 Å². The number of hydrogen-bond donors (Lipinski definition) is 1. The standard InChI is InChI=1S/C15H18ClNO2/c16-11-8-13-12(18-15(19-13)5-2-6-15)7-10(11)14(9-17)3-1-4-14/h7-8H,1-6,9,17H2. The molecule has 1 aromatic carbocycles. The molecule has 1 aliphatic heterocycles. The van der Waals surface area contributed by atoms with Crippen molar-refractivity contribution in [1.82, 2.24) is 0 Å². The Bertz CT molecular complexity index is 530. The van der Waals surface area contributed by atoms with Crippen molar-refractivity contribution >= 4 is 11.6 Å². The van der Waals surface area contributed by atoms with E-state index in [9.17, 15) is 0 Å². The fourth-order valence-electron chi connectivity index (χ4n) is 3.38. The van der Waals surface area contributed by atoms with Gasteiger partial charge in [-0.15, -0.1) is 0 Å². The summed E-state index contributed by atoms with van der Waals surface area (Å²) in [5.41, 5.74) is 7.18. The molecule has 1 aromatic rings. The Kier molecular flexibility index (Phi) is 2.37. The molecule has 4 heteroatoms. The van der Waals surface area contributed by atoms with E-state index in [-0.39, 0.29) is 11.2 Å². The van der Waals surface area contributed by atoms with E-state index in [1.54, 1.807) is 0 Å². The fourth-order valence-corrected chi connectivity index (χ4v) is 3.73. The van der Waals surface area contributed by atoms with E-state index < -0.39 is 0 Å². The number of halogens is 1. The molecule has 3 aliphatic rings. The second kappa shape index (κ2) is 3.80. The van der Waals surface area contributed by atoms with Gasteiger partial charge in [-0.25, -0.2) is 0 Å². The van der Waals surface area contributed by atoms with Crippen molar-refractivity contribution < 1.29 is 9.47 Å². The minimum atomic E-state index is -0.389. The van der Waals surface area contributed by atoms with Crippen LogP contribution in [0.3, 0.4) is 0 Å². The Morgan fingerprint density at radius 1 is 1.05 bits per heavy atom. The summed E-state index contributed by atoms with van der Waals surface area (Å²) >= 11 is 6.45. The van der Waals surface area contributed by atoms with Gasteiger partial charge in [0.25, 0.3) is 5.79 Å². The van der Waals surface area contributed by atoms with Crippen LogP contribution in [0.1, 0.15) is 44.1 Å². The van der Waals surface area contributed by atoms with E-state index >= 15 is 0 Å². The van der Waals surface area contributed by atoms with Crippen LogP contribution in [0, 0.1) is 0 Å². The fraction of sp³-hybridized carbons (Fsp3) is 0.600. The second-order valence-corrected chi connectivity index (χ2v) is 6.49. The van der Waals surface area contributed by atoms with Gasteiger partial charge >= 0.3 is 0 Å². The molecular weight excluding hydrogens is 262 g/mol. The molecule has 3 nitrogen and oxygen atoms in total. The smallest absolute Gasteiger partial charge is 0.251 e. The summed E-state index contributed by atoms with van der Waals surface area (Å²) in [6, 6.07) is 3.98. The summed E-state index contributed by atoms with van der Waals surface area (Å²) < 4.78 is 11.9. The summed E-state index contributed by atoms with van der Waals surface area (Å²) in [6.07, 6.45) is 6.57. The lowest BCUT2D eigenvalue weighted by atomic mass is 9.64. The molecule has 0 bridgehead atoms. The maximum absolute atomic E-state index is 6.45. The second-order valence-electron chi connectivity index (χ2n) is 6.09. The highest BCUT2D eigenvalue weighted by molar-refractivity contribution is 6.31. The van der Waals surface area contributed by atoms with E-state index in [1.807, 2.05) is 6.07 Å². The lowest BCUT2D eigenvalue weighted by Gasteiger charge is -2.42. The maximum Gasteiger partial charge on any atom is 0.251 e. The van der Waals surface area contributed by atoms with Crippen LogP contribution in [-0.2, 0) is 5.41 Å². The van der Waals surface area contributed by atoms with E-state index in [1.165, 1.54) is 12.8 Å². The summed E-state index contributed by atoms with van der Waals surface area (Å²) in [7, 11) is 0. The van der Waals surface area contributed by atoms with Crippen molar-refractivity contribution in [2.75, 3.05) is 6.54 Å². The molecule has 0 aromatic heterocycles. The number of nitrogens with two attached hydrogens (primary N) is 1. The van der Waals surface area contributed by atoms with E-state index in [0.29, 0.717) is 6.54 Å². The van der Waals surface area contributed by atoms with Crippen LogP contribution in [0.15, 0.2) is 12.1 Å². The van der Waals surface area contributed by atoms with Gasteiger partial charge in [-0.2, -0.15) is 0 Å². The van der Waals surface area contributed by atoms with Crippen LogP contribution >= 0.6 is 11.6 Å². The van der Waals surface area contributed by atoms with Crippen molar-refractivity contribution in [1.29, 1.82) is 0 Å². The topological polar surface area (TPSA) is 44.5 Å². The lowest BCUT2D eigenvalue weighted by molar-refractivity contribution is -0.138. The zero-order valence-corrected chi connectivity index (χ0v) is 11.6. The zero-order valence-electron chi connectivity index (χ0n) is 10.9. The molecule has 0 atom stereocenters. The average molecular weight is 280 g/mol. The Labute approximate surface area is 118 Å². The molecule has 1 spiro atoms. The number of rotatable bonds is 2. The van der Waals surface area contributed by atoms with Crippen molar-refractivity contribution in [2.24, 2.45) is 5.73 Å². The average Bonchev–Trinajstić information content (AvgIpc) is 2.67. The number of ether oxygens (including phenoxy) is 2. The maximum atomic E-state index is 6.45. The van der Waals surface area contributed by atoms with Gasteiger partial charge in [0.1, 0.15) is 0 Å². The number of fused-ring (bicyclic) bond motifs is 1. The predicted molar refractivity (Wildman–Crippen MR) is 73.9 cm³/mol.